The average Bonchev–Trinajstić information content (AvgIpc) is 2.22. The lowest BCUT2D eigenvalue weighted by Gasteiger charge is -2.14. The molecule has 0 saturated heterocycles. The van der Waals surface area contributed by atoms with E-state index in [1.54, 1.807) is 12.1 Å². The second kappa shape index (κ2) is 6.48. The van der Waals surface area contributed by atoms with Crippen molar-refractivity contribution in [1.82, 2.24) is 0 Å². The van der Waals surface area contributed by atoms with Gasteiger partial charge in [-0.05, 0) is 30.1 Å². The third-order valence-electron chi connectivity index (χ3n) is 2.18. The SMILES string of the molecule is CSCC(C)CNc1cc(Cl)c(Cl)cc1N. The van der Waals surface area contributed by atoms with Crippen LogP contribution in [0.4, 0.5) is 11.4 Å². The zero-order valence-electron chi connectivity index (χ0n) is 9.39. The minimum atomic E-state index is 0.488. The molecule has 5 heteroatoms. The van der Waals surface area contributed by atoms with Crippen molar-refractivity contribution in [3.63, 3.8) is 0 Å². The van der Waals surface area contributed by atoms with Crippen molar-refractivity contribution in [2.75, 3.05) is 29.6 Å². The van der Waals surface area contributed by atoms with E-state index >= 15 is 0 Å². The van der Waals surface area contributed by atoms with Crippen LogP contribution in [-0.2, 0) is 0 Å². The first-order chi connectivity index (χ1) is 7.54. The summed E-state index contributed by atoms with van der Waals surface area (Å²) in [6, 6.07) is 3.44. The molecule has 2 nitrogen and oxygen atoms in total. The molecule has 0 amide bonds. The molecule has 0 saturated carbocycles. The van der Waals surface area contributed by atoms with Crippen LogP contribution in [-0.4, -0.2) is 18.6 Å². The van der Waals surface area contributed by atoms with Crippen molar-refractivity contribution in [2.45, 2.75) is 6.92 Å². The van der Waals surface area contributed by atoms with Crippen LogP contribution < -0.4 is 11.1 Å². The summed E-state index contributed by atoms with van der Waals surface area (Å²) in [5.74, 6) is 1.71. The van der Waals surface area contributed by atoms with Crippen molar-refractivity contribution in [3.05, 3.63) is 22.2 Å². The smallest absolute Gasteiger partial charge is 0.0614 e. The van der Waals surface area contributed by atoms with Gasteiger partial charge in [0.2, 0.25) is 0 Å². The number of halogens is 2. The lowest BCUT2D eigenvalue weighted by atomic mass is 10.2. The van der Waals surface area contributed by atoms with E-state index in [0.29, 0.717) is 21.7 Å². The molecule has 0 fully saturated rings. The van der Waals surface area contributed by atoms with Crippen molar-refractivity contribution < 1.29 is 0 Å². The van der Waals surface area contributed by atoms with E-state index in [-0.39, 0.29) is 0 Å². The molecule has 0 aromatic heterocycles. The highest BCUT2D eigenvalue weighted by Gasteiger charge is 2.06. The summed E-state index contributed by atoms with van der Waals surface area (Å²) >= 11 is 13.6. The fourth-order valence-electron chi connectivity index (χ4n) is 1.34. The zero-order valence-corrected chi connectivity index (χ0v) is 11.7. The van der Waals surface area contributed by atoms with Crippen LogP contribution in [0, 0.1) is 5.92 Å². The third kappa shape index (κ3) is 3.96. The molecule has 1 aromatic rings. The van der Waals surface area contributed by atoms with Gasteiger partial charge in [0.25, 0.3) is 0 Å². The molecule has 0 aliphatic carbocycles. The summed E-state index contributed by atoms with van der Waals surface area (Å²) in [5, 5.41) is 4.30. The van der Waals surface area contributed by atoms with Gasteiger partial charge in [-0.1, -0.05) is 30.1 Å². The first-order valence-electron chi connectivity index (χ1n) is 5.02. The molecule has 0 spiro atoms. The quantitative estimate of drug-likeness (QED) is 0.800. The maximum absolute atomic E-state index is 5.93. The van der Waals surface area contributed by atoms with E-state index in [1.165, 1.54) is 0 Å². The molecule has 0 aliphatic heterocycles. The maximum Gasteiger partial charge on any atom is 0.0614 e. The summed E-state index contributed by atoms with van der Waals surface area (Å²) in [6.45, 7) is 3.07. The lowest BCUT2D eigenvalue weighted by molar-refractivity contribution is 0.702. The van der Waals surface area contributed by atoms with Gasteiger partial charge in [-0.15, -0.1) is 0 Å². The predicted molar refractivity (Wildman–Crippen MR) is 76.9 cm³/mol. The Bertz CT molecular complexity index is 358. The van der Waals surface area contributed by atoms with Gasteiger partial charge in [-0.25, -0.2) is 0 Å². The van der Waals surface area contributed by atoms with Crippen molar-refractivity contribution in [2.24, 2.45) is 5.92 Å². The fourth-order valence-corrected chi connectivity index (χ4v) is 2.37. The molecule has 1 rings (SSSR count). The maximum atomic E-state index is 5.93. The lowest BCUT2D eigenvalue weighted by Crippen LogP contribution is -2.14. The van der Waals surface area contributed by atoms with E-state index in [0.717, 1.165) is 18.0 Å². The van der Waals surface area contributed by atoms with Gasteiger partial charge in [0.1, 0.15) is 0 Å². The normalized spacial score (nSPS) is 12.5. The highest BCUT2D eigenvalue weighted by Crippen LogP contribution is 2.30. The topological polar surface area (TPSA) is 38.0 Å². The van der Waals surface area contributed by atoms with Gasteiger partial charge in [0.05, 0.1) is 21.4 Å². The number of nitrogens with one attached hydrogen (secondary N) is 1. The highest BCUT2D eigenvalue weighted by molar-refractivity contribution is 7.98. The highest BCUT2D eigenvalue weighted by atomic mass is 35.5. The molecular formula is C11H16Cl2N2S. The fraction of sp³-hybridized carbons (Fsp3) is 0.455. The van der Waals surface area contributed by atoms with Gasteiger partial charge in [0, 0.05) is 6.54 Å². The van der Waals surface area contributed by atoms with Crippen LogP contribution in [0.1, 0.15) is 6.92 Å². The first kappa shape index (κ1) is 13.8. The van der Waals surface area contributed by atoms with Gasteiger partial charge >= 0.3 is 0 Å². The first-order valence-corrected chi connectivity index (χ1v) is 7.17. The van der Waals surface area contributed by atoms with E-state index in [1.807, 2.05) is 11.8 Å². The van der Waals surface area contributed by atoms with Gasteiger partial charge in [-0.2, -0.15) is 11.8 Å². The van der Waals surface area contributed by atoms with E-state index in [4.69, 9.17) is 28.9 Å². The van der Waals surface area contributed by atoms with Crippen molar-refractivity contribution >= 4 is 46.3 Å². The Kier molecular flexibility index (Phi) is 5.59. The Balaban J connectivity index is 2.63. The minimum Gasteiger partial charge on any atom is -0.397 e. The predicted octanol–water partition coefficient (Wildman–Crippen LogP) is 3.99. The number of nitrogen functional groups attached to an aromatic ring is 1. The number of hydrogen-bond acceptors (Lipinski definition) is 3. The molecule has 1 unspecified atom stereocenters. The molecular weight excluding hydrogens is 263 g/mol. The van der Waals surface area contributed by atoms with Crippen LogP contribution >= 0.6 is 35.0 Å². The molecule has 0 heterocycles. The number of anilines is 2. The summed E-state index contributed by atoms with van der Waals surface area (Å²) in [4.78, 5) is 0. The molecule has 0 aliphatic rings. The Morgan fingerprint density at radius 2 is 2.00 bits per heavy atom. The van der Waals surface area contributed by atoms with Crippen LogP contribution in [0.3, 0.4) is 0 Å². The van der Waals surface area contributed by atoms with E-state index in [2.05, 4.69) is 18.5 Å². The number of thioether (sulfide) groups is 1. The molecule has 90 valence electrons. The molecule has 0 bridgehead atoms. The largest absolute Gasteiger partial charge is 0.397 e. The van der Waals surface area contributed by atoms with Crippen molar-refractivity contribution in [1.29, 1.82) is 0 Å². The standard InChI is InChI=1S/C11H16Cl2N2S/c1-7(6-16-2)5-15-11-4-9(13)8(12)3-10(11)14/h3-4,7,15H,5-6,14H2,1-2H3. The van der Waals surface area contributed by atoms with Crippen molar-refractivity contribution in [3.8, 4) is 0 Å². The summed E-state index contributed by atoms with van der Waals surface area (Å²) < 4.78 is 0. The number of rotatable bonds is 5. The summed E-state index contributed by atoms with van der Waals surface area (Å²) in [5.41, 5.74) is 7.32. The second-order valence-electron chi connectivity index (χ2n) is 3.79. The van der Waals surface area contributed by atoms with Gasteiger partial charge in [0.15, 0.2) is 0 Å². The summed E-state index contributed by atoms with van der Waals surface area (Å²) in [6.07, 6.45) is 2.10. The molecule has 16 heavy (non-hydrogen) atoms. The van der Waals surface area contributed by atoms with Crippen LogP contribution in [0.25, 0.3) is 0 Å². The molecule has 3 N–H and O–H groups in total. The van der Waals surface area contributed by atoms with E-state index in [9.17, 15) is 0 Å². The van der Waals surface area contributed by atoms with E-state index < -0.39 is 0 Å². The summed E-state index contributed by atoms with van der Waals surface area (Å²) in [7, 11) is 0. The number of nitrogens with two attached hydrogens (primary N) is 1. The Morgan fingerprint density at radius 3 is 2.62 bits per heavy atom. The third-order valence-corrected chi connectivity index (χ3v) is 3.81. The molecule has 0 radical (unpaired) electrons. The number of hydrogen-bond donors (Lipinski definition) is 2. The van der Waals surface area contributed by atoms with Crippen LogP contribution in [0.5, 0.6) is 0 Å². The van der Waals surface area contributed by atoms with Crippen LogP contribution in [0.2, 0.25) is 10.0 Å². The zero-order chi connectivity index (χ0) is 12.1. The Hall–Kier alpha value is -0.250. The Labute approximate surface area is 111 Å². The number of benzene rings is 1. The monoisotopic (exact) mass is 278 g/mol. The van der Waals surface area contributed by atoms with Crippen LogP contribution in [0.15, 0.2) is 12.1 Å². The molecule has 1 aromatic carbocycles. The molecule has 1 atom stereocenters. The van der Waals surface area contributed by atoms with Gasteiger partial charge in [-0.3, -0.25) is 0 Å². The Morgan fingerprint density at radius 1 is 1.38 bits per heavy atom. The van der Waals surface area contributed by atoms with Gasteiger partial charge < -0.3 is 11.1 Å². The minimum absolute atomic E-state index is 0.488. The second-order valence-corrected chi connectivity index (χ2v) is 5.52. The average molecular weight is 279 g/mol.